The van der Waals surface area contributed by atoms with Gasteiger partial charge in [0.05, 0.1) is 11.8 Å². The predicted molar refractivity (Wildman–Crippen MR) is 72.5 cm³/mol. The monoisotopic (exact) mass is 321 g/mol. The summed E-state index contributed by atoms with van der Waals surface area (Å²) in [6.45, 7) is 4.71. The molecule has 1 amide bonds. The van der Waals surface area contributed by atoms with Gasteiger partial charge in [0, 0.05) is 18.5 Å². The third-order valence-electron chi connectivity index (χ3n) is 2.82. The van der Waals surface area contributed by atoms with Crippen LogP contribution in [0.25, 0.3) is 0 Å². The summed E-state index contributed by atoms with van der Waals surface area (Å²) in [4.78, 5) is 14.2. The Morgan fingerprint density at radius 1 is 1.53 bits per heavy atom. The second-order valence-corrected chi connectivity index (χ2v) is 4.86. The fraction of sp³-hybridized carbons (Fsp3) is 0.583. The van der Waals surface area contributed by atoms with Gasteiger partial charge in [0.1, 0.15) is 0 Å². The van der Waals surface area contributed by atoms with E-state index in [1.165, 1.54) is 6.26 Å². The van der Waals surface area contributed by atoms with Crippen molar-refractivity contribution in [1.29, 1.82) is 0 Å². The van der Waals surface area contributed by atoms with Crippen LogP contribution in [0.5, 0.6) is 0 Å². The summed E-state index contributed by atoms with van der Waals surface area (Å²) in [5.41, 5.74) is 0.557. The van der Waals surface area contributed by atoms with Gasteiger partial charge in [-0.05, 0) is 34.8 Å². The van der Waals surface area contributed by atoms with E-state index in [-0.39, 0.29) is 11.9 Å². The van der Waals surface area contributed by atoms with Gasteiger partial charge in [0.25, 0.3) is 5.91 Å². The molecule has 0 saturated carbocycles. The van der Waals surface area contributed by atoms with Crippen molar-refractivity contribution in [3.8, 4) is 0 Å². The molecule has 0 aromatic carbocycles. The molecule has 0 N–H and O–H groups in total. The molecule has 1 heterocycles. The highest BCUT2D eigenvalue weighted by atomic mass is 79.9. The van der Waals surface area contributed by atoms with Crippen molar-refractivity contribution in [1.82, 2.24) is 4.90 Å². The molecule has 0 aliphatic heterocycles. The maximum absolute atomic E-state index is 12.4. The number of carbonyl (C=O) groups is 1. The van der Waals surface area contributed by atoms with Gasteiger partial charge in [-0.3, -0.25) is 4.79 Å². The predicted octanol–water partition coefficient (Wildman–Crippen LogP) is 3.91. The normalized spacial score (nSPS) is 10.9. The zero-order valence-electron chi connectivity index (χ0n) is 10.1. The largest absolute Gasteiger partial charge is 0.457 e. The Bertz CT molecular complexity index is 363. The lowest BCUT2D eigenvalue weighted by Gasteiger charge is -2.29. The molecule has 0 bridgehead atoms. The van der Waals surface area contributed by atoms with Crippen LogP contribution in [0.3, 0.4) is 0 Å². The minimum atomic E-state index is -0.0278. The fourth-order valence-corrected chi connectivity index (χ4v) is 2.46. The quantitative estimate of drug-likeness (QED) is 0.744. The standard InChI is InChI=1S/C12H17BrClNO2/c1-3-9(4-2)15(7-6-14)12(16)10-5-8-17-11(10)13/h5,8-9H,3-4,6-7H2,1-2H3. The van der Waals surface area contributed by atoms with E-state index in [0.29, 0.717) is 22.7 Å². The van der Waals surface area contributed by atoms with Gasteiger partial charge in [-0.25, -0.2) is 0 Å². The Morgan fingerprint density at radius 2 is 2.18 bits per heavy atom. The SMILES string of the molecule is CCC(CC)N(CCCl)C(=O)c1ccoc1Br. The second-order valence-electron chi connectivity index (χ2n) is 3.77. The Labute approximate surface area is 115 Å². The Morgan fingerprint density at radius 3 is 2.59 bits per heavy atom. The maximum Gasteiger partial charge on any atom is 0.258 e. The van der Waals surface area contributed by atoms with E-state index in [1.54, 1.807) is 6.07 Å². The van der Waals surface area contributed by atoms with Crippen LogP contribution < -0.4 is 0 Å². The number of halogens is 2. The number of alkyl halides is 1. The summed E-state index contributed by atoms with van der Waals surface area (Å²) in [5, 5.41) is 0. The highest BCUT2D eigenvalue weighted by molar-refractivity contribution is 9.10. The lowest BCUT2D eigenvalue weighted by Crippen LogP contribution is -2.41. The Hall–Kier alpha value is -0.480. The molecular weight excluding hydrogens is 305 g/mol. The molecule has 17 heavy (non-hydrogen) atoms. The van der Waals surface area contributed by atoms with Crippen molar-refractivity contribution < 1.29 is 9.21 Å². The summed E-state index contributed by atoms with van der Waals surface area (Å²) in [6, 6.07) is 1.90. The van der Waals surface area contributed by atoms with Crippen molar-refractivity contribution in [2.75, 3.05) is 12.4 Å². The van der Waals surface area contributed by atoms with Crippen LogP contribution in [-0.2, 0) is 0 Å². The number of carbonyl (C=O) groups excluding carboxylic acids is 1. The third kappa shape index (κ3) is 3.49. The average molecular weight is 323 g/mol. The average Bonchev–Trinajstić information content (AvgIpc) is 2.75. The van der Waals surface area contributed by atoms with Crippen molar-refractivity contribution in [2.24, 2.45) is 0 Å². The summed E-state index contributed by atoms with van der Waals surface area (Å²) in [7, 11) is 0. The first kappa shape index (κ1) is 14.6. The molecule has 0 aliphatic carbocycles. The number of nitrogens with zero attached hydrogens (tertiary/aromatic N) is 1. The van der Waals surface area contributed by atoms with Crippen LogP contribution in [0.4, 0.5) is 0 Å². The van der Waals surface area contributed by atoms with Gasteiger partial charge in [-0.2, -0.15) is 0 Å². The van der Waals surface area contributed by atoms with Crippen LogP contribution in [0.2, 0.25) is 0 Å². The first-order valence-corrected chi connectivity index (χ1v) is 7.08. The van der Waals surface area contributed by atoms with Crippen molar-refractivity contribution >= 4 is 33.4 Å². The summed E-state index contributed by atoms with van der Waals surface area (Å²) >= 11 is 9.00. The van der Waals surface area contributed by atoms with Crippen LogP contribution in [0.1, 0.15) is 37.0 Å². The number of rotatable bonds is 6. The van der Waals surface area contributed by atoms with Crippen LogP contribution >= 0.6 is 27.5 Å². The lowest BCUT2D eigenvalue weighted by molar-refractivity contribution is 0.0679. The molecule has 5 heteroatoms. The van der Waals surface area contributed by atoms with E-state index in [0.717, 1.165) is 12.8 Å². The van der Waals surface area contributed by atoms with Gasteiger partial charge in [0.15, 0.2) is 4.67 Å². The van der Waals surface area contributed by atoms with E-state index in [4.69, 9.17) is 16.0 Å². The van der Waals surface area contributed by atoms with Crippen LogP contribution in [0, 0.1) is 0 Å². The van der Waals surface area contributed by atoms with Gasteiger partial charge < -0.3 is 9.32 Å². The molecule has 0 atom stereocenters. The van der Waals surface area contributed by atoms with E-state index in [2.05, 4.69) is 29.8 Å². The molecule has 0 aliphatic rings. The molecule has 3 nitrogen and oxygen atoms in total. The smallest absolute Gasteiger partial charge is 0.258 e. The Balaban J connectivity index is 2.91. The molecule has 0 spiro atoms. The number of hydrogen-bond acceptors (Lipinski definition) is 2. The lowest BCUT2D eigenvalue weighted by atomic mass is 10.1. The topological polar surface area (TPSA) is 33.5 Å². The molecule has 0 unspecified atom stereocenters. The van der Waals surface area contributed by atoms with E-state index in [9.17, 15) is 4.79 Å². The van der Waals surface area contributed by atoms with Gasteiger partial charge >= 0.3 is 0 Å². The van der Waals surface area contributed by atoms with Crippen molar-refractivity contribution in [3.63, 3.8) is 0 Å². The number of amides is 1. The molecular formula is C12H17BrClNO2. The summed E-state index contributed by atoms with van der Waals surface area (Å²) < 4.78 is 5.58. The van der Waals surface area contributed by atoms with Gasteiger partial charge in [0.2, 0.25) is 0 Å². The molecule has 0 radical (unpaired) electrons. The summed E-state index contributed by atoms with van der Waals surface area (Å²) in [5.74, 6) is 0.414. The number of hydrogen-bond donors (Lipinski definition) is 0. The van der Waals surface area contributed by atoms with E-state index in [1.807, 2.05) is 4.90 Å². The van der Waals surface area contributed by atoms with Crippen LogP contribution in [-0.4, -0.2) is 29.3 Å². The maximum atomic E-state index is 12.4. The van der Waals surface area contributed by atoms with E-state index >= 15 is 0 Å². The number of furan rings is 1. The van der Waals surface area contributed by atoms with Crippen molar-refractivity contribution in [3.05, 3.63) is 22.6 Å². The van der Waals surface area contributed by atoms with Gasteiger partial charge in [-0.1, -0.05) is 13.8 Å². The minimum Gasteiger partial charge on any atom is -0.457 e. The zero-order valence-corrected chi connectivity index (χ0v) is 12.4. The van der Waals surface area contributed by atoms with Crippen LogP contribution in [0.15, 0.2) is 21.4 Å². The Kier molecular flexibility index (Phi) is 6.06. The highest BCUT2D eigenvalue weighted by Gasteiger charge is 2.24. The fourth-order valence-electron chi connectivity index (χ4n) is 1.87. The first-order chi connectivity index (χ1) is 8.15. The molecule has 1 aromatic heterocycles. The molecule has 1 aromatic rings. The molecule has 96 valence electrons. The molecule has 0 saturated heterocycles. The molecule has 1 rings (SSSR count). The molecule has 0 fully saturated rings. The van der Waals surface area contributed by atoms with Gasteiger partial charge in [-0.15, -0.1) is 11.6 Å². The summed E-state index contributed by atoms with van der Waals surface area (Å²) in [6.07, 6.45) is 3.35. The zero-order chi connectivity index (χ0) is 12.8. The first-order valence-electron chi connectivity index (χ1n) is 5.75. The highest BCUT2D eigenvalue weighted by Crippen LogP contribution is 2.21. The van der Waals surface area contributed by atoms with Crippen molar-refractivity contribution in [2.45, 2.75) is 32.7 Å². The third-order valence-corrected chi connectivity index (χ3v) is 3.60. The second kappa shape index (κ2) is 7.07. The minimum absolute atomic E-state index is 0.0278. The van der Waals surface area contributed by atoms with E-state index < -0.39 is 0 Å².